The highest BCUT2D eigenvalue weighted by Gasteiger charge is 2.26. The lowest BCUT2D eigenvalue weighted by Gasteiger charge is -2.28. The average molecular weight is 403 g/mol. The van der Waals surface area contributed by atoms with Crippen LogP contribution in [0.1, 0.15) is 37.4 Å². The molecule has 1 heterocycles. The number of nitrogens with one attached hydrogen (secondary N) is 3. The first kappa shape index (κ1) is 18.1. The number of urea groups is 1. The van der Waals surface area contributed by atoms with Crippen LogP contribution in [0, 0.1) is 0 Å². The molecule has 0 saturated heterocycles. The van der Waals surface area contributed by atoms with Gasteiger partial charge in [-0.25, -0.2) is 9.78 Å². The number of amides is 2. The molecule has 5 nitrogen and oxygen atoms in total. The van der Waals surface area contributed by atoms with Crippen LogP contribution in [0.25, 0.3) is 11.0 Å². The number of halogens is 2. The van der Waals surface area contributed by atoms with Gasteiger partial charge in [0.25, 0.3) is 0 Å². The molecule has 0 spiro atoms. The number of carbonyl (C=O) groups is 1. The summed E-state index contributed by atoms with van der Waals surface area (Å²) < 4.78 is 0. The Bertz CT molecular complexity index is 939. The molecular formula is C20H20Cl2N4O. The maximum atomic E-state index is 12.3. The molecule has 4 rings (SSSR count). The number of benzene rings is 2. The van der Waals surface area contributed by atoms with Crippen LogP contribution in [-0.4, -0.2) is 22.0 Å². The van der Waals surface area contributed by atoms with Crippen molar-refractivity contribution in [2.45, 2.75) is 37.6 Å². The van der Waals surface area contributed by atoms with Gasteiger partial charge in [0, 0.05) is 17.6 Å². The van der Waals surface area contributed by atoms with Crippen LogP contribution in [0.15, 0.2) is 42.5 Å². The highest BCUT2D eigenvalue weighted by molar-refractivity contribution is 6.42. The molecule has 1 saturated carbocycles. The lowest BCUT2D eigenvalue weighted by Crippen LogP contribution is -2.40. The molecule has 1 aromatic heterocycles. The van der Waals surface area contributed by atoms with E-state index >= 15 is 0 Å². The molecular weight excluding hydrogens is 383 g/mol. The number of rotatable bonds is 3. The minimum Gasteiger partial charge on any atom is -0.342 e. The number of fused-ring (bicyclic) bond motifs is 1. The molecule has 7 heteroatoms. The van der Waals surface area contributed by atoms with Crippen molar-refractivity contribution < 1.29 is 4.79 Å². The summed E-state index contributed by atoms with van der Waals surface area (Å²) in [6.45, 7) is 0. The van der Waals surface area contributed by atoms with Gasteiger partial charge in [-0.05, 0) is 49.6 Å². The molecule has 1 aliphatic rings. The first-order valence-corrected chi connectivity index (χ1v) is 9.81. The summed E-state index contributed by atoms with van der Waals surface area (Å²) in [7, 11) is 0. The Balaban J connectivity index is 1.39. The highest BCUT2D eigenvalue weighted by atomic mass is 35.5. The van der Waals surface area contributed by atoms with Crippen molar-refractivity contribution in [3.8, 4) is 0 Å². The number of anilines is 1. The average Bonchev–Trinajstić information content (AvgIpc) is 3.09. The van der Waals surface area contributed by atoms with Crippen LogP contribution < -0.4 is 10.6 Å². The Hall–Kier alpha value is -2.24. The minimum atomic E-state index is -0.233. The van der Waals surface area contributed by atoms with Gasteiger partial charge in [0.15, 0.2) is 0 Å². The summed E-state index contributed by atoms with van der Waals surface area (Å²) in [5.74, 6) is 1.33. The van der Waals surface area contributed by atoms with E-state index in [9.17, 15) is 4.79 Å². The molecule has 3 aromatic rings. The number of carbonyl (C=O) groups excluding carboxylic acids is 1. The van der Waals surface area contributed by atoms with E-state index < -0.39 is 0 Å². The predicted molar refractivity (Wildman–Crippen MR) is 110 cm³/mol. The maximum Gasteiger partial charge on any atom is 0.319 e. The third-order valence-corrected chi connectivity index (χ3v) is 5.72. The first-order valence-electron chi connectivity index (χ1n) is 9.06. The maximum absolute atomic E-state index is 12.3. The van der Waals surface area contributed by atoms with Gasteiger partial charge in [-0.1, -0.05) is 41.8 Å². The largest absolute Gasteiger partial charge is 0.342 e. The highest BCUT2D eigenvalue weighted by Crippen LogP contribution is 2.32. The summed E-state index contributed by atoms with van der Waals surface area (Å²) in [5.41, 5.74) is 2.66. The Labute approximate surface area is 167 Å². The van der Waals surface area contributed by atoms with Crippen LogP contribution in [0.2, 0.25) is 10.0 Å². The van der Waals surface area contributed by atoms with Crippen LogP contribution in [0.5, 0.6) is 0 Å². The number of imidazole rings is 1. The number of aromatic nitrogens is 2. The predicted octanol–water partition coefficient (Wildman–Crippen LogP) is 5.72. The summed E-state index contributed by atoms with van der Waals surface area (Å²) in [6, 6.07) is 13.0. The van der Waals surface area contributed by atoms with E-state index in [4.69, 9.17) is 28.2 Å². The molecule has 0 bridgehead atoms. The second-order valence-electron chi connectivity index (χ2n) is 6.93. The van der Waals surface area contributed by atoms with Crippen LogP contribution in [-0.2, 0) is 0 Å². The molecule has 27 heavy (non-hydrogen) atoms. The Morgan fingerprint density at radius 1 is 1.11 bits per heavy atom. The van der Waals surface area contributed by atoms with Crippen LogP contribution in [0.3, 0.4) is 0 Å². The molecule has 2 aromatic carbocycles. The smallest absolute Gasteiger partial charge is 0.319 e. The minimum absolute atomic E-state index is 0.111. The molecule has 2 amide bonds. The third-order valence-electron chi connectivity index (χ3n) is 4.98. The van der Waals surface area contributed by atoms with Crippen molar-refractivity contribution in [1.82, 2.24) is 15.3 Å². The molecule has 0 unspecified atom stereocenters. The number of H-pyrrole nitrogens is 1. The fourth-order valence-corrected chi connectivity index (χ4v) is 3.96. The van der Waals surface area contributed by atoms with Gasteiger partial charge in [-0.15, -0.1) is 0 Å². The summed E-state index contributed by atoms with van der Waals surface area (Å²) in [6.07, 6.45) is 3.96. The molecule has 1 fully saturated rings. The van der Waals surface area contributed by atoms with E-state index in [-0.39, 0.29) is 12.1 Å². The molecule has 2 atom stereocenters. The van der Waals surface area contributed by atoms with Gasteiger partial charge in [-0.2, -0.15) is 0 Å². The Morgan fingerprint density at radius 3 is 2.78 bits per heavy atom. The zero-order chi connectivity index (χ0) is 18.8. The molecule has 0 radical (unpaired) electrons. The number of nitrogens with zero attached hydrogens (tertiary/aromatic N) is 1. The monoisotopic (exact) mass is 402 g/mol. The van der Waals surface area contributed by atoms with E-state index in [1.165, 1.54) is 0 Å². The second kappa shape index (κ2) is 7.79. The number of para-hydroxylation sites is 2. The number of hydrogen-bond donors (Lipinski definition) is 3. The number of aromatic amines is 1. The van der Waals surface area contributed by atoms with Crippen molar-refractivity contribution in [3.63, 3.8) is 0 Å². The lowest BCUT2D eigenvalue weighted by molar-refractivity contribution is 0.242. The molecule has 1 aliphatic carbocycles. The van der Waals surface area contributed by atoms with Gasteiger partial charge >= 0.3 is 6.03 Å². The van der Waals surface area contributed by atoms with Crippen molar-refractivity contribution in [3.05, 3.63) is 58.3 Å². The topological polar surface area (TPSA) is 69.8 Å². The normalized spacial score (nSPS) is 19.8. The van der Waals surface area contributed by atoms with Gasteiger partial charge in [0.05, 0.1) is 21.1 Å². The Kier molecular flexibility index (Phi) is 5.23. The standard InChI is InChI=1S/C20H20Cl2N4O/c21-15-9-8-14(11-16(15)22)24-20(27)23-13-5-3-4-12(10-13)19-25-17-6-1-2-7-18(17)26-19/h1-2,6-9,11-13H,3-5,10H2,(H,25,26)(H2,23,24,27)/t12-,13+/m0/s1. The van der Waals surface area contributed by atoms with Crippen molar-refractivity contribution >= 4 is 46.0 Å². The van der Waals surface area contributed by atoms with Crippen molar-refractivity contribution in [2.24, 2.45) is 0 Å². The third kappa shape index (κ3) is 4.20. The van der Waals surface area contributed by atoms with Crippen LogP contribution in [0.4, 0.5) is 10.5 Å². The number of hydrogen-bond acceptors (Lipinski definition) is 2. The van der Waals surface area contributed by atoms with Gasteiger partial charge < -0.3 is 15.6 Å². The van der Waals surface area contributed by atoms with Crippen molar-refractivity contribution in [2.75, 3.05) is 5.32 Å². The fraction of sp³-hybridized carbons (Fsp3) is 0.300. The van der Waals surface area contributed by atoms with Gasteiger partial charge in [-0.3, -0.25) is 0 Å². The van der Waals surface area contributed by atoms with E-state index in [2.05, 4.69) is 15.6 Å². The van der Waals surface area contributed by atoms with Crippen LogP contribution >= 0.6 is 23.2 Å². The summed E-state index contributed by atoms with van der Waals surface area (Å²) in [4.78, 5) is 20.5. The first-order chi connectivity index (χ1) is 13.1. The van der Waals surface area contributed by atoms with Crippen molar-refractivity contribution in [1.29, 1.82) is 0 Å². The SMILES string of the molecule is O=C(Nc1ccc(Cl)c(Cl)c1)N[C@@H]1CCC[C@H](c2nc3ccccc3[nH]2)C1. The molecule has 140 valence electrons. The van der Waals surface area contributed by atoms with E-state index in [0.29, 0.717) is 21.7 Å². The Morgan fingerprint density at radius 2 is 1.96 bits per heavy atom. The van der Waals surface area contributed by atoms with Gasteiger partial charge in [0.1, 0.15) is 5.82 Å². The quantitative estimate of drug-likeness (QED) is 0.524. The van der Waals surface area contributed by atoms with E-state index in [1.54, 1.807) is 18.2 Å². The summed E-state index contributed by atoms with van der Waals surface area (Å²) >= 11 is 11.9. The van der Waals surface area contributed by atoms with E-state index in [0.717, 1.165) is 42.5 Å². The molecule has 3 N–H and O–H groups in total. The van der Waals surface area contributed by atoms with Gasteiger partial charge in [0.2, 0.25) is 0 Å². The summed E-state index contributed by atoms with van der Waals surface area (Å²) in [5, 5.41) is 6.76. The zero-order valence-corrected chi connectivity index (χ0v) is 16.1. The fourth-order valence-electron chi connectivity index (χ4n) is 3.66. The second-order valence-corrected chi connectivity index (χ2v) is 7.74. The lowest BCUT2D eigenvalue weighted by atomic mass is 9.85. The molecule has 0 aliphatic heterocycles. The van der Waals surface area contributed by atoms with E-state index in [1.807, 2.05) is 24.3 Å². The zero-order valence-electron chi connectivity index (χ0n) is 14.6.